The van der Waals surface area contributed by atoms with E-state index in [1.54, 1.807) is 14.2 Å². The molecule has 4 nitrogen and oxygen atoms in total. The predicted octanol–water partition coefficient (Wildman–Crippen LogP) is 6.52. The molecule has 162 valence electrons. The summed E-state index contributed by atoms with van der Waals surface area (Å²) in [6.45, 7) is 3.15. The molecule has 0 aromatic heterocycles. The zero-order chi connectivity index (χ0) is 21.4. The van der Waals surface area contributed by atoms with Crippen molar-refractivity contribution in [1.29, 1.82) is 0 Å². The molecule has 0 bridgehead atoms. The topological polar surface area (TPSA) is 30.9 Å². The zero-order valence-corrected chi connectivity index (χ0v) is 18.7. The number of rotatable bonds is 5. The standard InChI is InChI=1S/C27H31NO3/c1-4-28(22-13-9-11-19-10-5-6-12-21(19)22)23-18-27(14-7-8-15-27)31-25-17-20(29-2)16-24(30-3)26(23)25/h5-6,9-13,16-17,23H,4,7-8,14-15,18H2,1-3H3. The molecule has 1 unspecified atom stereocenters. The van der Waals surface area contributed by atoms with Crippen LogP contribution < -0.4 is 19.1 Å². The summed E-state index contributed by atoms with van der Waals surface area (Å²) in [6, 6.07) is 19.5. The normalized spacial score (nSPS) is 19.1. The van der Waals surface area contributed by atoms with E-state index in [1.807, 2.05) is 12.1 Å². The van der Waals surface area contributed by atoms with Gasteiger partial charge in [-0.25, -0.2) is 0 Å². The third-order valence-corrected chi connectivity index (χ3v) is 7.07. The van der Waals surface area contributed by atoms with E-state index in [2.05, 4.69) is 54.3 Å². The Morgan fingerprint density at radius 2 is 1.77 bits per heavy atom. The molecule has 3 aromatic rings. The maximum Gasteiger partial charge on any atom is 0.132 e. The Morgan fingerprint density at radius 1 is 1.00 bits per heavy atom. The molecule has 2 aliphatic rings. The summed E-state index contributed by atoms with van der Waals surface area (Å²) in [7, 11) is 3.43. The Balaban J connectivity index is 1.69. The molecular formula is C27H31NO3. The van der Waals surface area contributed by atoms with Crippen LogP contribution in [0.4, 0.5) is 5.69 Å². The summed E-state index contributed by atoms with van der Waals surface area (Å²) in [5, 5.41) is 2.55. The summed E-state index contributed by atoms with van der Waals surface area (Å²) in [4.78, 5) is 2.54. The van der Waals surface area contributed by atoms with Crippen molar-refractivity contribution in [3.8, 4) is 17.2 Å². The van der Waals surface area contributed by atoms with Crippen LogP contribution in [0.5, 0.6) is 17.2 Å². The molecule has 4 heteroatoms. The SMILES string of the molecule is CCN(c1cccc2ccccc12)C1CC2(CCCC2)Oc2cc(OC)cc(OC)c21. The lowest BCUT2D eigenvalue weighted by molar-refractivity contribution is 0.0401. The molecule has 1 aliphatic carbocycles. The van der Waals surface area contributed by atoms with Crippen LogP contribution in [0.25, 0.3) is 10.8 Å². The predicted molar refractivity (Wildman–Crippen MR) is 126 cm³/mol. The molecule has 1 atom stereocenters. The maximum absolute atomic E-state index is 6.73. The first-order valence-corrected chi connectivity index (χ1v) is 11.4. The maximum atomic E-state index is 6.73. The van der Waals surface area contributed by atoms with Crippen molar-refractivity contribution >= 4 is 16.5 Å². The number of hydrogen-bond acceptors (Lipinski definition) is 4. The number of anilines is 1. The largest absolute Gasteiger partial charge is 0.496 e. The molecule has 31 heavy (non-hydrogen) atoms. The summed E-state index contributed by atoms with van der Waals surface area (Å²) >= 11 is 0. The molecule has 3 aromatic carbocycles. The fraction of sp³-hybridized carbons (Fsp3) is 0.407. The van der Waals surface area contributed by atoms with Gasteiger partial charge in [-0.3, -0.25) is 0 Å². The number of nitrogens with zero attached hydrogens (tertiary/aromatic N) is 1. The Hall–Kier alpha value is -2.88. The van der Waals surface area contributed by atoms with Crippen molar-refractivity contribution < 1.29 is 14.2 Å². The van der Waals surface area contributed by atoms with Crippen LogP contribution >= 0.6 is 0 Å². The highest BCUT2D eigenvalue weighted by molar-refractivity contribution is 5.94. The van der Waals surface area contributed by atoms with Crippen LogP contribution in [0, 0.1) is 0 Å². The molecule has 1 fully saturated rings. The molecule has 0 saturated heterocycles. The fourth-order valence-corrected chi connectivity index (χ4v) is 5.61. The number of hydrogen-bond donors (Lipinski definition) is 0. The van der Waals surface area contributed by atoms with E-state index in [1.165, 1.54) is 29.3 Å². The highest BCUT2D eigenvalue weighted by Gasteiger charge is 2.46. The van der Waals surface area contributed by atoms with Gasteiger partial charge in [-0.05, 0) is 44.1 Å². The van der Waals surface area contributed by atoms with Gasteiger partial charge in [-0.15, -0.1) is 0 Å². The molecule has 0 radical (unpaired) electrons. The van der Waals surface area contributed by atoms with E-state index in [4.69, 9.17) is 14.2 Å². The summed E-state index contributed by atoms with van der Waals surface area (Å²) < 4.78 is 18.2. The average molecular weight is 418 g/mol. The number of ether oxygens (including phenoxy) is 3. The van der Waals surface area contributed by atoms with E-state index < -0.39 is 0 Å². The summed E-state index contributed by atoms with van der Waals surface area (Å²) in [5.41, 5.74) is 2.30. The molecule has 1 saturated carbocycles. The van der Waals surface area contributed by atoms with Crippen molar-refractivity contribution in [3.63, 3.8) is 0 Å². The minimum Gasteiger partial charge on any atom is -0.496 e. The number of fused-ring (bicyclic) bond motifs is 2. The van der Waals surface area contributed by atoms with E-state index in [-0.39, 0.29) is 11.6 Å². The second kappa shape index (κ2) is 7.99. The molecule has 5 rings (SSSR count). The van der Waals surface area contributed by atoms with E-state index in [9.17, 15) is 0 Å². The van der Waals surface area contributed by atoms with Crippen LogP contribution in [-0.2, 0) is 0 Å². The van der Waals surface area contributed by atoms with Gasteiger partial charge in [0.25, 0.3) is 0 Å². The van der Waals surface area contributed by atoms with Crippen LogP contribution in [-0.4, -0.2) is 26.4 Å². The van der Waals surface area contributed by atoms with Gasteiger partial charge >= 0.3 is 0 Å². The first-order valence-electron chi connectivity index (χ1n) is 11.4. The highest BCUT2D eigenvalue weighted by atomic mass is 16.5. The Kier molecular flexibility index (Phi) is 5.17. The lowest BCUT2D eigenvalue weighted by atomic mass is 9.84. The van der Waals surface area contributed by atoms with Gasteiger partial charge in [0.1, 0.15) is 22.8 Å². The Bertz CT molecular complexity index is 1080. The monoisotopic (exact) mass is 417 g/mol. The van der Waals surface area contributed by atoms with Gasteiger partial charge < -0.3 is 19.1 Å². The lowest BCUT2D eigenvalue weighted by Crippen LogP contribution is -2.44. The minimum absolute atomic E-state index is 0.104. The highest BCUT2D eigenvalue weighted by Crippen LogP contribution is 2.54. The van der Waals surface area contributed by atoms with E-state index >= 15 is 0 Å². The zero-order valence-electron chi connectivity index (χ0n) is 18.7. The third-order valence-electron chi connectivity index (χ3n) is 7.07. The lowest BCUT2D eigenvalue weighted by Gasteiger charge is -2.45. The average Bonchev–Trinajstić information content (AvgIpc) is 3.25. The smallest absolute Gasteiger partial charge is 0.132 e. The van der Waals surface area contributed by atoms with Crippen LogP contribution in [0.3, 0.4) is 0 Å². The molecule has 1 heterocycles. The van der Waals surface area contributed by atoms with E-state index in [0.29, 0.717) is 0 Å². The molecule has 0 amide bonds. The molecule has 0 N–H and O–H groups in total. The summed E-state index contributed by atoms with van der Waals surface area (Å²) in [5.74, 6) is 2.52. The summed E-state index contributed by atoms with van der Waals surface area (Å²) in [6.07, 6.45) is 5.64. The quantitative estimate of drug-likeness (QED) is 0.473. The van der Waals surface area contributed by atoms with Crippen molar-refractivity contribution in [2.75, 3.05) is 25.7 Å². The Morgan fingerprint density at radius 3 is 2.52 bits per heavy atom. The second-order valence-corrected chi connectivity index (χ2v) is 8.74. The van der Waals surface area contributed by atoms with Gasteiger partial charge in [0, 0.05) is 36.2 Å². The van der Waals surface area contributed by atoms with Crippen molar-refractivity contribution in [2.45, 2.75) is 50.7 Å². The second-order valence-electron chi connectivity index (χ2n) is 8.74. The van der Waals surface area contributed by atoms with Crippen LogP contribution in [0.2, 0.25) is 0 Å². The van der Waals surface area contributed by atoms with Crippen molar-refractivity contribution in [1.82, 2.24) is 0 Å². The number of benzene rings is 3. The van der Waals surface area contributed by atoms with Gasteiger partial charge in [0.2, 0.25) is 0 Å². The minimum atomic E-state index is -0.104. The van der Waals surface area contributed by atoms with Crippen molar-refractivity contribution in [2.24, 2.45) is 0 Å². The Labute approximate surface area is 184 Å². The third kappa shape index (κ3) is 3.38. The van der Waals surface area contributed by atoms with E-state index in [0.717, 1.165) is 48.6 Å². The van der Waals surface area contributed by atoms with Gasteiger partial charge in [-0.2, -0.15) is 0 Å². The van der Waals surface area contributed by atoms with Crippen molar-refractivity contribution in [3.05, 3.63) is 60.2 Å². The molecule has 1 aliphatic heterocycles. The molecule has 1 spiro atoms. The van der Waals surface area contributed by atoms with Crippen LogP contribution in [0.1, 0.15) is 50.6 Å². The van der Waals surface area contributed by atoms with Gasteiger partial charge in [-0.1, -0.05) is 36.4 Å². The van der Waals surface area contributed by atoms with Gasteiger partial charge in [0.15, 0.2) is 0 Å². The first kappa shape index (κ1) is 20.0. The van der Waals surface area contributed by atoms with Gasteiger partial charge in [0.05, 0.1) is 25.8 Å². The molecular weight excluding hydrogens is 386 g/mol. The fourth-order valence-electron chi connectivity index (χ4n) is 5.61. The first-order chi connectivity index (χ1) is 15.2. The number of methoxy groups -OCH3 is 2. The van der Waals surface area contributed by atoms with Crippen LogP contribution in [0.15, 0.2) is 54.6 Å².